The summed E-state index contributed by atoms with van der Waals surface area (Å²) in [7, 11) is -3.16. The Labute approximate surface area is 94.5 Å². The second-order valence-electron chi connectivity index (χ2n) is 2.81. The second-order valence-corrected chi connectivity index (χ2v) is 4.83. The normalized spacial score (nSPS) is 11.9. The third-order valence-electron chi connectivity index (χ3n) is 1.72. The minimum Gasteiger partial charge on any atom is -0.382 e. The highest BCUT2D eigenvalue weighted by Gasteiger charge is 2.06. The first-order valence-corrected chi connectivity index (χ1v) is 5.68. The van der Waals surface area contributed by atoms with Crippen LogP contribution in [0.25, 0.3) is 0 Å². The predicted octanol–water partition coefficient (Wildman–Crippen LogP) is 0.0909. The first-order chi connectivity index (χ1) is 6.45. The fourth-order valence-corrected chi connectivity index (χ4v) is 1.58. The van der Waals surface area contributed by atoms with E-state index in [2.05, 4.69) is 5.10 Å². The average molecular weight is 250 g/mol. The maximum Gasteiger partial charge on any atom is 0.175 e. The maximum atomic E-state index is 11.1. The van der Waals surface area contributed by atoms with Crippen molar-refractivity contribution in [3.05, 3.63) is 29.8 Å². The van der Waals surface area contributed by atoms with E-state index in [0.717, 1.165) is 6.26 Å². The summed E-state index contributed by atoms with van der Waals surface area (Å²) in [6, 6.07) is 6.04. The largest absolute Gasteiger partial charge is 0.382 e. The topological polar surface area (TPSA) is 98.5 Å². The number of sulfone groups is 1. The van der Waals surface area contributed by atoms with Crippen LogP contribution >= 0.6 is 12.4 Å². The lowest BCUT2D eigenvalue weighted by molar-refractivity contribution is 0.602. The van der Waals surface area contributed by atoms with Crippen molar-refractivity contribution < 1.29 is 8.42 Å². The molecule has 4 N–H and O–H groups in total. The lowest BCUT2D eigenvalue weighted by Crippen LogP contribution is -2.15. The van der Waals surface area contributed by atoms with E-state index in [1.807, 2.05) is 0 Å². The second kappa shape index (κ2) is 4.99. The molecule has 1 rings (SSSR count). The van der Waals surface area contributed by atoms with Crippen LogP contribution in [0.4, 0.5) is 0 Å². The van der Waals surface area contributed by atoms with Crippen molar-refractivity contribution in [1.82, 2.24) is 0 Å². The van der Waals surface area contributed by atoms with Crippen molar-refractivity contribution in [2.45, 2.75) is 4.90 Å². The van der Waals surface area contributed by atoms with Gasteiger partial charge in [-0.05, 0) is 24.3 Å². The molecule has 0 unspecified atom stereocenters. The van der Waals surface area contributed by atoms with E-state index in [1.54, 1.807) is 12.1 Å². The monoisotopic (exact) mass is 249 g/mol. The van der Waals surface area contributed by atoms with Crippen molar-refractivity contribution in [3.63, 3.8) is 0 Å². The zero-order valence-corrected chi connectivity index (χ0v) is 9.68. The van der Waals surface area contributed by atoms with Gasteiger partial charge in [0.15, 0.2) is 9.84 Å². The number of hydrogen-bond donors (Lipinski definition) is 2. The van der Waals surface area contributed by atoms with Crippen LogP contribution in [0.15, 0.2) is 34.3 Å². The summed E-state index contributed by atoms with van der Waals surface area (Å²) < 4.78 is 22.2. The third-order valence-corrected chi connectivity index (χ3v) is 2.85. The summed E-state index contributed by atoms with van der Waals surface area (Å²) in [5, 5.41) is 3.30. The lowest BCUT2D eigenvalue weighted by atomic mass is 10.2. The van der Waals surface area contributed by atoms with E-state index in [-0.39, 0.29) is 23.1 Å². The number of amidine groups is 1. The van der Waals surface area contributed by atoms with Gasteiger partial charge in [-0.3, -0.25) is 0 Å². The Morgan fingerprint density at radius 2 is 1.73 bits per heavy atom. The van der Waals surface area contributed by atoms with Gasteiger partial charge in [0.25, 0.3) is 0 Å². The highest BCUT2D eigenvalue weighted by molar-refractivity contribution is 7.90. The summed E-state index contributed by atoms with van der Waals surface area (Å²) in [6.45, 7) is 0. The highest BCUT2D eigenvalue weighted by atomic mass is 35.5. The number of rotatable bonds is 2. The van der Waals surface area contributed by atoms with Crippen molar-refractivity contribution in [1.29, 1.82) is 0 Å². The molecule has 0 saturated carbocycles. The molecule has 1 aromatic carbocycles. The van der Waals surface area contributed by atoms with Crippen molar-refractivity contribution >= 4 is 28.1 Å². The van der Waals surface area contributed by atoms with Gasteiger partial charge in [-0.1, -0.05) is 0 Å². The highest BCUT2D eigenvalue weighted by Crippen LogP contribution is 2.09. The molecule has 0 bridgehead atoms. The van der Waals surface area contributed by atoms with Gasteiger partial charge in [0.1, 0.15) is 5.84 Å². The number of hydrogen-bond acceptors (Lipinski definition) is 4. The summed E-state index contributed by atoms with van der Waals surface area (Å²) in [4.78, 5) is 0.242. The van der Waals surface area contributed by atoms with Crippen LogP contribution in [-0.4, -0.2) is 20.5 Å². The molecule has 0 saturated heterocycles. The van der Waals surface area contributed by atoms with Crippen LogP contribution in [0.1, 0.15) is 5.56 Å². The minimum absolute atomic E-state index is 0. The zero-order chi connectivity index (χ0) is 10.8. The van der Waals surface area contributed by atoms with Crippen LogP contribution in [0.5, 0.6) is 0 Å². The van der Waals surface area contributed by atoms with Crippen LogP contribution in [0, 0.1) is 0 Å². The number of nitrogens with two attached hydrogens (primary N) is 2. The van der Waals surface area contributed by atoms with E-state index >= 15 is 0 Å². The Kier molecular flexibility index (Phi) is 4.57. The predicted molar refractivity (Wildman–Crippen MR) is 61.7 cm³/mol. The Hall–Kier alpha value is -1.27. The molecular weight excluding hydrogens is 238 g/mol. The summed E-state index contributed by atoms with van der Waals surface area (Å²) in [6.07, 6.45) is 1.14. The van der Waals surface area contributed by atoms with Crippen LogP contribution in [0.2, 0.25) is 0 Å². The molecule has 0 atom stereocenters. The van der Waals surface area contributed by atoms with Crippen LogP contribution in [-0.2, 0) is 9.84 Å². The Morgan fingerprint density at radius 3 is 2.07 bits per heavy atom. The average Bonchev–Trinajstić information content (AvgIpc) is 2.15. The number of halogens is 1. The van der Waals surface area contributed by atoms with Gasteiger partial charge in [-0.2, -0.15) is 5.10 Å². The maximum absolute atomic E-state index is 11.1. The van der Waals surface area contributed by atoms with E-state index < -0.39 is 9.84 Å². The Balaban J connectivity index is 0.00000196. The van der Waals surface area contributed by atoms with Gasteiger partial charge < -0.3 is 11.6 Å². The molecule has 0 aromatic heterocycles. The lowest BCUT2D eigenvalue weighted by Gasteiger charge is -2.00. The first kappa shape index (κ1) is 13.7. The number of nitrogens with zero attached hydrogens (tertiary/aromatic N) is 1. The first-order valence-electron chi connectivity index (χ1n) is 3.79. The van der Waals surface area contributed by atoms with E-state index in [1.165, 1.54) is 12.1 Å². The molecule has 0 aliphatic rings. The SMILES string of the molecule is CS(=O)(=O)c1ccc(C(N)=NN)cc1.Cl. The van der Waals surface area contributed by atoms with E-state index in [4.69, 9.17) is 11.6 Å². The van der Waals surface area contributed by atoms with Crippen molar-refractivity contribution in [3.8, 4) is 0 Å². The van der Waals surface area contributed by atoms with Crippen LogP contribution < -0.4 is 11.6 Å². The van der Waals surface area contributed by atoms with Crippen molar-refractivity contribution in [2.24, 2.45) is 16.7 Å². The number of benzene rings is 1. The molecule has 5 nitrogen and oxygen atoms in total. The molecule has 84 valence electrons. The zero-order valence-electron chi connectivity index (χ0n) is 8.04. The molecule has 7 heteroatoms. The molecule has 0 spiro atoms. The fourth-order valence-electron chi connectivity index (χ4n) is 0.947. The fraction of sp³-hybridized carbons (Fsp3) is 0.125. The minimum atomic E-state index is -3.16. The van der Waals surface area contributed by atoms with E-state index in [9.17, 15) is 8.42 Å². The van der Waals surface area contributed by atoms with Crippen LogP contribution in [0.3, 0.4) is 0 Å². The van der Waals surface area contributed by atoms with Gasteiger partial charge in [0.2, 0.25) is 0 Å². The molecule has 0 heterocycles. The van der Waals surface area contributed by atoms with Gasteiger partial charge in [0.05, 0.1) is 4.90 Å². The molecule has 0 aliphatic heterocycles. The third kappa shape index (κ3) is 3.41. The van der Waals surface area contributed by atoms with Gasteiger partial charge in [-0.25, -0.2) is 8.42 Å². The molecule has 0 fully saturated rings. The Morgan fingerprint density at radius 1 is 1.27 bits per heavy atom. The van der Waals surface area contributed by atoms with E-state index in [0.29, 0.717) is 5.56 Å². The van der Waals surface area contributed by atoms with Crippen molar-refractivity contribution in [2.75, 3.05) is 6.26 Å². The molecule has 15 heavy (non-hydrogen) atoms. The van der Waals surface area contributed by atoms with Gasteiger partial charge in [-0.15, -0.1) is 12.4 Å². The summed E-state index contributed by atoms with van der Waals surface area (Å²) in [5.74, 6) is 5.14. The summed E-state index contributed by atoms with van der Waals surface area (Å²) >= 11 is 0. The smallest absolute Gasteiger partial charge is 0.175 e. The Bertz CT molecular complexity index is 453. The van der Waals surface area contributed by atoms with Gasteiger partial charge in [0, 0.05) is 11.8 Å². The molecular formula is C8H12ClN3O2S. The number of hydrazone groups is 1. The molecule has 0 amide bonds. The molecule has 0 radical (unpaired) electrons. The van der Waals surface area contributed by atoms with Gasteiger partial charge >= 0.3 is 0 Å². The quantitative estimate of drug-likeness (QED) is 0.336. The molecule has 1 aromatic rings. The standard InChI is InChI=1S/C8H11N3O2S.ClH/c1-14(12,13)7-4-2-6(3-5-7)8(9)11-10;/h2-5H,10H2,1H3,(H2,9,11);1H. The summed E-state index contributed by atoms with van der Waals surface area (Å²) in [5.41, 5.74) is 6.03. The molecule has 0 aliphatic carbocycles.